The molecule has 6 nitrogen and oxygen atoms in total. The quantitative estimate of drug-likeness (QED) is 0.533. The molecule has 152 valence electrons. The highest BCUT2D eigenvalue weighted by molar-refractivity contribution is 5.94. The SMILES string of the molecule is Cc1cccn2cc(COc3ccc(C(=O)NCCCOCC4CC4)cc3)nc12. The van der Waals surface area contributed by atoms with Crippen molar-refractivity contribution >= 4 is 11.6 Å². The zero-order valence-corrected chi connectivity index (χ0v) is 16.8. The van der Waals surface area contributed by atoms with Crippen molar-refractivity contribution in [2.24, 2.45) is 5.92 Å². The highest BCUT2D eigenvalue weighted by atomic mass is 16.5. The van der Waals surface area contributed by atoms with E-state index in [1.54, 1.807) is 12.1 Å². The van der Waals surface area contributed by atoms with Crippen LogP contribution in [0.5, 0.6) is 5.75 Å². The molecule has 1 aliphatic carbocycles. The van der Waals surface area contributed by atoms with Crippen LogP contribution in [0.1, 0.15) is 40.9 Å². The van der Waals surface area contributed by atoms with Gasteiger partial charge in [-0.2, -0.15) is 0 Å². The molecule has 1 N–H and O–H groups in total. The van der Waals surface area contributed by atoms with Crippen molar-refractivity contribution in [1.29, 1.82) is 0 Å². The Morgan fingerprint density at radius 3 is 2.83 bits per heavy atom. The van der Waals surface area contributed by atoms with Gasteiger partial charge in [-0.1, -0.05) is 6.07 Å². The Bertz CT molecular complexity index is 961. The molecule has 2 heterocycles. The van der Waals surface area contributed by atoms with Crippen LogP contribution >= 0.6 is 0 Å². The third-order valence-corrected chi connectivity index (χ3v) is 5.03. The van der Waals surface area contributed by atoms with Crippen molar-refractivity contribution in [1.82, 2.24) is 14.7 Å². The lowest BCUT2D eigenvalue weighted by molar-refractivity contribution is 0.0937. The standard InChI is InChI=1S/C23H27N3O3/c1-17-4-2-12-26-14-20(25-22(17)26)16-29-21-9-7-19(8-10-21)23(27)24-11-3-13-28-15-18-5-6-18/h2,4,7-10,12,14,18H,3,5-6,11,13,15-16H2,1H3,(H,24,27). The van der Waals surface area contributed by atoms with E-state index in [-0.39, 0.29) is 5.91 Å². The molecule has 1 amide bonds. The van der Waals surface area contributed by atoms with E-state index in [1.807, 2.05) is 48.0 Å². The van der Waals surface area contributed by atoms with E-state index in [2.05, 4.69) is 10.3 Å². The average molecular weight is 393 g/mol. The molecular weight excluding hydrogens is 366 g/mol. The number of amides is 1. The number of imidazole rings is 1. The average Bonchev–Trinajstić information content (AvgIpc) is 3.46. The van der Waals surface area contributed by atoms with Crippen LogP contribution in [0.2, 0.25) is 0 Å². The van der Waals surface area contributed by atoms with Gasteiger partial charge in [0.15, 0.2) is 0 Å². The van der Waals surface area contributed by atoms with Crippen LogP contribution in [0.3, 0.4) is 0 Å². The van der Waals surface area contributed by atoms with Gasteiger partial charge in [0.2, 0.25) is 0 Å². The first-order valence-electron chi connectivity index (χ1n) is 10.2. The molecule has 0 unspecified atom stereocenters. The molecular formula is C23H27N3O3. The molecule has 4 rings (SSSR count). The topological polar surface area (TPSA) is 64.9 Å². The number of hydrogen-bond acceptors (Lipinski definition) is 4. The minimum Gasteiger partial charge on any atom is -0.487 e. The number of carbonyl (C=O) groups is 1. The van der Waals surface area contributed by atoms with Crippen molar-refractivity contribution in [2.75, 3.05) is 19.8 Å². The summed E-state index contributed by atoms with van der Waals surface area (Å²) < 4.78 is 13.4. The summed E-state index contributed by atoms with van der Waals surface area (Å²) in [7, 11) is 0. The first kappa shape index (κ1) is 19.5. The van der Waals surface area contributed by atoms with Crippen molar-refractivity contribution in [3.8, 4) is 5.75 Å². The first-order chi connectivity index (χ1) is 14.2. The van der Waals surface area contributed by atoms with E-state index in [4.69, 9.17) is 9.47 Å². The lowest BCUT2D eigenvalue weighted by Crippen LogP contribution is -2.25. The summed E-state index contributed by atoms with van der Waals surface area (Å²) in [5, 5.41) is 2.93. The lowest BCUT2D eigenvalue weighted by Gasteiger charge is -2.07. The van der Waals surface area contributed by atoms with Crippen LogP contribution < -0.4 is 10.1 Å². The number of aromatic nitrogens is 2. The summed E-state index contributed by atoms with van der Waals surface area (Å²) in [6.45, 7) is 4.61. The van der Waals surface area contributed by atoms with Crippen LogP contribution in [0.15, 0.2) is 48.8 Å². The summed E-state index contributed by atoms with van der Waals surface area (Å²) in [4.78, 5) is 16.8. The Labute approximate surface area is 170 Å². The van der Waals surface area contributed by atoms with Gasteiger partial charge in [0.1, 0.15) is 18.0 Å². The van der Waals surface area contributed by atoms with Crippen LogP contribution in [0, 0.1) is 12.8 Å². The number of rotatable bonds is 10. The number of benzene rings is 1. The maximum Gasteiger partial charge on any atom is 0.251 e. The summed E-state index contributed by atoms with van der Waals surface area (Å²) in [5.41, 5.74) is 3.56. The van der Waals surface area contributed by atoms with Gasteiger partial charge < -0.3 is 19.2 Å². The van der Waals surface area contributed by atoms with Crippen molar-refractivity contribution in [3.05, 3.63) is 65.6 Å². The fourth-order valence-corrected chi connectivity index (χ4v) is 3.15. The molecule has 0 atom stereocenters. The second-order valence-corrected chi connectivity index (χ2v) is 7.60. The molecule has 1 aromatic carbocycles. The number of ether oxygens (including phenoxy) is 2. The third kappa shape index (κ3) is 5.35. The normalized spacial score (nSPS) is 13.6. The van der Waals surface area contributed by atoms with Gasteiger partial charge in [-0.15, -0.1) is 0 Å². The highest BCUT2D eigenvalue weighted by Crippen LogP contribution is 2.28. The number of nitrogens with zero attached hydrogens (tertiary/aromatic N) is 2. The van der Waals surface area contributed by atoms with Gasteiger partial charge in [0.05, 0.1) is 5.69 Å². The Morgan fingerprint density at radius 1 is 1.24 bits per heavy atom. The van der Waals surface area contributed by atoms with Crippen molar-refractivity contribution < 1.29 is 14.3 Å². The number of hydrogen-bond donors (Lipinski definition) is 1. The molecule has 0 saturated heterocycles. The predicted molar refractivity (Wildman–Crippen MR) is 111 cm³/mol. The molecule has 1 saturated carbocycles. The summed E-state index contributed by atoms with van der Waals surface area (Å²) >= 11 is 0. The highest BCUT2D eigenvalue weighted by Gasteiger charge is 2.20. The van der Waals surface area contributed by atoms with Gasteiger partial charge in [0, 0.05) is 37.7 Å². The van der Waals surface area contributed by atoms with Gasteiger partial charge in [0.25, 0.3) is 5.91 Å². The molecule has 1 fully saturated rings. The summed E-state index contributed by atoms with van der Waals surface area (Å²) in [5.74, 6) is 1.42. The van der Waals surface area contributed by atoms with Crippen LogP contribution in [0.25, 0.3) is 5.65 Å². The molecule has 1 aliphatic rings. The van der Waals surface area contributed by atoms with Gasteiger partial charge >= 0.3 is 0 Å². The second-order valence-electron chi connectivity index (χ2n) is 7.60. The molecule has 0 spiro atoms. The van der Waals surface area contributed by atoms with E-state index < -0.39 is 0 Å². The number of aryl methyl sites for hydroxylation is 1. The molecule has 0 aliphatic heterocycles. The van der Waals surface area contributed by atoms with E-state index in [0.29, 0.717) is 31.1 Å². The van der Waals surface area contributed by atoms with Crippen LogP contribution in [-0.2, 0) is 11.3 Å². The van der Waals surface area contributed by atoms with E-state index in [1.165, 1.54) is 12.8 Å². The number of carbonyl (C=O) groups excluding carboxylic acids is 1. The van der Waals surface area contributed by atoms with Crippen LogP contribution in [-0.4, -0.2) is 35.1 Å². The van der Waals surface area contributed by atoms with Crippen LogP contribution in [0.4, 0.5) is 0 Å². The zero-order chi connectivity index (χ0) is 20.1. The molecule has 6 heteroatoms. The molecule has 2 aromatic heterocycles. The minimum atomic E-state index is -0.0745. The Kier molecular flexibility index (Phi) is 6.10. The molecule has 3 aromatic rings. The maximum atomic E-state index is 12.2. The minimum absolute atomic E-state index is 0.0745. The fraction of sp³-hybridized carbons (Fsp3) is 0.391. The number of nitrogens with one attached hydrogen (secondary N) is 1. The largest absolute Gasteiger partial charge is 0.487 e. The molecule has 0 bridgehead atoms. The molecule has 29 heavy (non-hydrogen) atoms. The van der Waals surface area contributed by atoms with Crippen molar-refractivity contribution in [2.45, 2.75) is 32.8 Å². The van der Waals surface area contributed by atoms with Gasteiger partial charge in [-0.05, 0) is 68.0 Å². The van der Waals surface area contributed by atoms with E-state index in [9.17, 15) is 4.79 Å². The van der Waals surface area contributed by atoms with E-state index in [0.717, 1.165) is 35.9 Å². The summed E-state index contributed by atoms with van der Waals surface area (Å²) in [6, 6.07) is 11.2. The summed E-state index contributed by atoms with van der Waals surface area (Å²) in [6.07, 6.45) is 7.38. The van der Waals surface area contributed by atoms with Crippen molar-refractivity contribution in [3.63, 3.8) is 0 Å². The lowest BCUT2D eigenvalue weighted by atomic mass is 10.2. The van der Waals surface area contributed by atoms with E-state index >= 15 is 0 Å². The Hall–Kier alpha value is -2.86. The van der Waals surface area contributed by atoms with Gasteiger partial charge in [-0.3, -0.25) is 4.79 Å². The maximum absolute atomic E-state index is 12.2. The fourth-order valence-electron chi connectivity index (χ4n) is 3.15. The van der Waals surface area contributed by atoms with Gasteiger partial charge in [-0.25, -0.2) is 4.98 Å². The smallest absolute Gasteiger partial charge is 0.251 e. The second kappa shape index (κ2) is 9.09. The number of fused-ring (bicyclic) bond motifs is 1. The number of pyridine rings is 1. The zero-order valence-electron chi connectivity index (χ0n) is 16.8. The monoisotopic (exact) mass is 393 g/mol. The first-order valence-corrected chi connectivity index (χ1v) is 10.2. The predicted octanol–water partition coefficient (Wildman–Crippen LogP) is 3.77. The Balaban J connectivity index is 1.21. The third-order valence-electron chi connectivity index (χ3n) is 5.03. The molecule has 0 radical (unpaired) electrons. The Morgan fingerprint density at radius 2 is 2.07 bits per heavy atom.